The molecule has 0 saturated carbocycles. The highest BCUT2D eigenvalue weighted by Crippen LogP contribution is 2.41. The zero-order valence-electron chi connectivity index (χ0n) is 22.1. The van der Waals surface area contributed by atoms with E-state index in [0.717, 1.165) is 54.7 Å². The van der Waals surface area contributed by atoms with Gasteiger partial charge in [0, 0.05) is 35.3 Å². The Hall–Kier alpha value is -3.79. The number of esters is 1. The van der Waals surface area contributed by atoms with E-state index in [2.05, 4.69) is 15.0 Å². The van der Waals surface area contributed by atoms with Gasteiger partial charge in [0.05, 0.1) is 19.6 Å². The number of H-pyrrole nitrogens is 1. The van der Waals surface area contributed by atoms with Crippen molar-refractivity contribution < 1.29 is 33.0 Å². The first-order valence-electron chi connectivity index (χ1n) is 13.4. The van der Waals surface area contributed by atoms with Crippen molar-refractivity contribution in [1.82, 2.24) is 9.88 Å². The quantitative estimate of drug-likeness (QED) is 0.430. The Morgan fingerprint density at radius 1 is 1.21 bits per heavy atom. The van der Waals surface area contributed by atoms with Crippen LogP contribution in [0.5, 0.6) is 17.2 Å². The topological polar surface area (TPSA) is 94.6 Å². The van der Waals surface area contributed by atoms with E-state index in [-0.39, 0.29) is 31.1 Å². The molecular formula is C29H32FN3O6. The van der Waals surface area contributed by atoms with Gasteiger partial charge in [0.25, 0.3) is 0 Å². The second-order valence-corrected chi connectivity index (χ2v) is 10.1. The molecule has 3 aliphatic rings. The Labute approximate surface area is 225 Å². The van der Waals surface area contributed by atoms with Crippen LogP contribution < -0.4 is 14.2 Å². The highest BCUT2D eigenvalue weighted by molar-refractivity contribution is 6.06. The maximum Gasteiger partial charge on any atom is 0.344 e. The molecule has 1 saturated heterocycles. The molecular weight excluding hydrogens is 505 g/mol. The van der Waals surface area contributed by atoms with Crippen LogP contribution in [0.15, 0.2) is 41.7 Å². The summed E-state index contributed by atoms with van der Waals surface area (Å²) in [5.41, 5.74) is 3.77. The number of nitrogens with zero attached hydrogens (tertiary/aromatic N) is 2. The van der Waals surface area contributed by atoms with Crippen LogP contribution in [0.2, 0.25) is 0 Å². The standard InChI is InChI=1S/C29H32FN3O6/c1-3-36-28(34)16-38-26-11-20-24(12-25(26)35-2)37-15-22-27(39-32-29(20)22)14-33-8-6-17(7-9-33)21-13-31-23-5-4-18(30)10-19(21)23/h4-5,10-13,17,22,27,31H,3,6-9,14-16H2,1-2H3. The lowest BCUT2D eigenvalue weighted by atomic mass is 9.87. The second-order valence-electron chi connectivity index (χ2n) is 10.1. The van der Waals surface area contributed by atoms with Crippen molar-refractivity contribution in [2.24, 2.45) is 11.1 Å². The number of fused-ring (bicyclic) bond motifs is 4. The summed E-state index contributed by atoms with van der Waals surface area (Å²) < 4.78 is 36.0. The summed E-state index contributed by atoms with van der Waals surface area (Å²) in [6.45, 7) is 4.87. The van der Waals surface area contributed by atoms with Gasteiger partial charge in [-0.25, -0.2) is 9.18 Å². The average molecular weight is 538 g/mol. The number of carbonyl (C=O) groups is 1. The van der Waals surface area contributed by atoms with Crippen LogP contribution in [-0.4, -0.2) is 74.2 Å². The minimum atomic E-state index is -0.450. The first-order valence-corrected chi connectivity index (χ1v) is 13.4. The van der Waals surface area contributed by atoms with E-state index in [4.69, 9.17) is 23.8 Å². The van der Waals surface area contributed by atoms with Crippen molar-refractivity contribution in [3.8, 4) is 17.2 Å². The SMILES string of the molecule is CCOC(=O)COc1cc2c(cc1OC)OCC1C2=NOC1CN1CCC(c2c[nH]c3ccc(F)cc23)CC1. The molecule has 2 aromatic carbocycles. The molecule has 1 N–H and O–H groups in total. The van der Waals surface area contributed by atoms with Gasteiger partial charge >= 0.3 is 5.97 Å². The third kappa shape index (κ3) is 5.01. The number of aromatic nitrogens is 1. The maximum absolute atomic E-state index is 13.8. The van der Waals surface area contributed by atoms with Crippen molar-refractivity contribution in [3.05, 3.63) is 53.5 Å². The van der Waals surface area contributed by atoms with Crippen LogP contribution in [0.4, 0.5) is 4.39 Å². The van der Waals surface area contributed by atoms with Crippen molar-refractivity contribution in [1.29, 1.82) is 0 Å². The molecule has 2 unspecified atom stereocenters. The number of rotatable bonds is 8. The molecule has 6 rings (SSSR count). The van der Waals surface area contributed by atoms with E-state index in [1.54, 1.807) is 31.2 Å². The fraction of sp³-hybridized carbons (Fsp3) is 0.448. The maximum atomic E-state index is 13.8. The fourth-order valence-corrected chi connectivity index (χ4v) is 5.82. The largest absolute Gasteiger partial charge is 0.493 e. The van der Waals surface area contributed by atoms with Crippen molar-refractivity contribution in [2.75, 3.05) is 46.6 Å². The van der Waals surface area contributed by atoms with Crippen LogP contribution in [0.3, 0.4) is 0 Å². The molecule has 206 valence electrons. The predicted octanol–water partition coefficient (Wildman–Crippen LogP) is 4.25. The number of aromatic amines is 1. The molecule has 39 heavy (non-hydrogen) atoms. The number of oxime groups is 1. The van der Waals surface area contributed by atoms with Gasteiger partial charge in [0.2, 0.25) is 0 Å². The van der Waals surface area contributed by atoms with Crippen molar-refractivity contribution in [3.63, 3.8) is 0 Å². The third-order valence-electron chi connectivity index (χ3n) is 7.84. The lowest BCUT2D eigenvalue weighted by molar-refractivity contribution is -0.145. The smallest absolute Gasteiger partial charge is 0.344 e. The minimum Gasteiger partial charge on any atom is -0.493 e. The molecule has 0 amide bonds. The Kier molecular flexibility index (Phi) is 7.03. The van der Waals surface area contributed by atoms with E-state index < -0.39 is 5.97 Å². The van der Waals surface area contributed by atoms with Gasteiger partial charge in [-0.05, 0) is 68.6 Å². The normalized spacial score (nSPS) is 20.9. The third-order valence-corrected chi connectivity index (χ3v) is 7.84. The molecule has 0 bridgehead atoms. The Morgan fingerprint density at radius 2 is 2.05 bits per heavy atom. The summed E-state index contributed by atoms with van der Waals surface area (Å²) in [5.74, 6) is 1.24. The molecule has 3 aliphatic heterocycles. The molecule has 0 aliphatic carbocycles. The van der Waals surface area contributed by atoms with Crippen LogP contribution in [0.1, 0.15) is 36.8 Å². The number of carbonyl (C=O) groups excluding carboxylic acids is 1. The van der Waals surface area contributed by atoms with Gasteiger partial charge in [0.1, 0.15) is 23.9 Å². The van der Waals surface area contributed by atoms with E-state index in [1.165, 1.54) is 18.7 Å². The highest BCUT2D eigenvalue weighted by Gasteiger charge is 2.41. The zero-order chi connectivity index (χ0) is 26.9. The van der Waals surface area contributed by atoms with Gasteiger partial charge in [-0.2, -0.15) is 0 Å². The summed E-state index contributed by atoms with van der Waals surface area (Å²) >= 11 is 0. The number of piperidine rings is 1. The van der Waals surface area contributed by atoms with Gasteiger partial charge in [-0.15, -0.1) is 0 Å². The van der Waals surface area contributed by atoms with Crippen molar-refractivity contribution in [2.45, 2.75) is 31.8 Å². The lowest BCUT2D eigenvalue weighted by Crippen LogP contribution is -2.43. The van der Waals surface area contributed by atoms with Gasteiger partial charge in [0.15, 0.2) is 24.2 Å². The fourth-order valence-electron chi connectivity index (χ4n) is 5.82. The van der Waals surface area contributed by atoms with Crippen LogP contribution in [0.25, 0.3) is 10.9 Å². The van der Waals surface area contributed by atoms with Crippen molar-refractivity contribution >= 4 is 22.6 Å². The monoisotopic (exact) mass is 537 g/mol. The van der Waals surface area contributed by atoms with Gasteiger partial charge in [-0.1, -0.05) is 5.16 Å². The summed E-state index contributed by atoms with van der Waals surface area (Å²) in [6.07, 6.45) is 3.89. The molecule has 4 heterocycles. The summed E-state index contributed by atoms with van der Waals surface area (Å²) in [7, 11) is 1.54. The van der Waals surface area contributed by atoms with E-state index >= 15 is 0 Å². The number of halogens is 1. The van der Waals surface area contributed by atoms with Gasteiger partial charge in [-0.3, -0.25) is 4.90 Å². The predicted molar refractivity (Wildman–Crippen MR) is 142 cm³/mol. The molecule has 10 heteroatoms. The molecule has 1 aromatic heterocycles. The lowest BCUT2D eigenvalue weighted by Gasteiger charge is -2.34. The molecule has 9 nitrogen and oxygen atoms in total. The van der Waals surface area contributed by atoms with Gasteiger partial charge < -0.3 is 28.8 Å². The molecule has 1 fully saturated rings. The number of likely N-dealkylation sites (tertiary alicyclic amines) is 1. The summed E-state index contributed by atoms with van der Waals surface area (Å²) in [5, 5.41) is 5.43. The van der Waals surface area contributed by atoms with E-state index in [1.807, 2.05) is 6.20 Å². The van der Waals surface area contributed by atoms with Crippen LogP contribution >= 0.6 is 0 Å². The highest BCUT2D eigenvalue weighted by atomic mass is 19.1. The summed E-state index contributed by atoms with van der Waals surface area (Å²) in [4.78, 5) is 23.4. The molecule has 2 atom stereocenters. The van der Waals surface area contributed by atoms with E-state index in [0.29, 0.717) is 29.8 Å². The molecule has 3 aromatic rings. The Bertz CT molecular complexity index is 1400. The second kappa shape index (κ2) is 10.8. The molecule has 0 radical (unpaired) electrons. The Morgan fingerprint density at radius 3 is 2.85 bits per heavy atom. The summed E-state index contributed by atoms with van der Waals surface area (Å²) in [6, 6.07) is 8.46. The number of ether oxygens (including phenoxy) is 4. The van der Waals surface area contributed by atoms with Crippen LogP contribution in [-0.2, 0) is 14.4 Å². The molecule has 0 spiro atoms. The zero-order valence-corrected chi connectivity index (χ0v) is 22.1. The number of methoxy groups -OCH3 is 1. The van der Waals surface area contributed by atoms with Crippen LogP contribution in [0, 0.1) is 11.7 Å². The number of hydrogen-bond donors (Lipinski definition) is 1. The first-order chi connectivity index (χ1) is 19.0. The number of hydrogen-bond acceptors (Lipinski definition) is 8. The minimum absolute atomic E-state index is 0.0156. The first kappa shape index (κ1) is 25.5. The number of nitrogens with one attached hydrogen (secondary N) is 1. The number of benzene rings is 2. The Balaban J connectivity index is 1.10. The average Bonchev–Trinajstić information content (AvgIpc) is 3.56. The van der Waals surface area contributed by atoms with E-state index in [9.17, 15) is 9.18 Å².